The van der Waals surface area contributed by atoms with Crippen molar-refractivity contribution in [1.82, 2.24) is 4.90 Å². The third-order valence-corrected chi connectivity index (χ3v) is 5.78. The van der Waals surface area contributed by atoms with Gasteiger partial charge in [-0.2, -0.15) is 0 Å². The highest BCUT2D eigenvalue weighted by Crippen LogP contribution is 2.34. The topological polar surface area (TPSA) is 46.6 Å². The summed E-state index contributed by atoms with van der Waals surface area (Å²) in [6.07, 6.45) is 4.10. The Bertz CT molecular complexity index is 512. The number of carbonyl (C=O) groups is 2. The standard InChI is InChI=1S/C13H15Br2NO3S/c1-19-11(17)7-16(8-4-2-3-5-8)13(18)9-6-10(14)20-12(9)15/h6,8H,2-5,7H2,1H3. The minimum absolute atomic E-state index is 0.0138. The van der Waals surface area contributed by atoms with Crippen molar-refractivity contribution >= 4 is 55.1 Å². The highest BCUT2D eigenvalue weighted by atomic mass is 79.9. The van der Waals surface area contributed by atoms with Crippen molar-refractivity contribution < 1.29 is 14.3 Å². The van der Waals surface area contributed by atoms with Gasteiger partial charge in [0.05, 0.1) is 20.2 Å². The number of esters is 1. The molecule has 0 N–H and O–H groups in total. The third kappa shape index (κ3) is 3.62. The summed E-state index contributed by atoms with van der Waals surface area (Å²) in [6, 6.07) is 1.92. The van der Waals surface area contributed by atoms with Gasteiger partial charge >= 0.3 is 5.97 Å². The van der Waals surface area contributed by atoms with Crippen LogP contribution in [-0.4, -0.2) is 36.5 Å². The number of hydrogen-bond donors (Lipinski definition) is 0. The van der Waals surface area contributed by atoms with Crippen molar-refractivity contribution in [1.29, 1.82) is 0 Å². The molecule has 0 atom stereocenters. The van der Waals surface area contributed by atoms with Gasteiger partial charge in [0.25, 0.3) is 5.91 Å². The smallest absolute Gasteiger partial charge is 0.325 e. The van der Waals surface area contributed by atoms with E-state index >= 15 is 0 Å². The van der Waals surface area contributed by atoms with Crippen molar-refractivity contribution in [3.8, 4) is 0 Å². The van der Waals surface area contributed by atoms with Gasteiger partial charge in [-0.25, -0.2) is 0 Å². The van der Waals surface area contributed by atoms with Crippen LogP contribution < -0.4 is 0 Å². The fourth-order valence-corrected chi connectivity index (χ4v) is 5.20. The lowest BCUT2D eigenvalue weighted by Gasteiger charge is -2.27. The average Bonchev–Trinajstić information content (AvgIpc) is 3.04. The molecule has 2 rings (SSSR count). The fourth-order valence-electron chi connectivity index (χ4n) is 2.43. The van der Waals surface area contributed by atoms with Gasteiger partial charge in [-0.3, -0.25) is 9.59 Å². The van der Waals surface area contributed by atoms with Crippen LogP contribution in [0.15, 0.2) is 13.6 Å². The van der Waals surface area contributed by atoms with E-state index in [1.807, 2.05) is 0 Å². The number of ether oxygens (including phenoxy) is 1. The van der Waals surface area contributed by atoms with Crippen molar-refractivity contribution in [2.45, 2.75) is 31.7 Å². The summed E-state index contributed by atoms with van der Waals surface area (Å²) in [7, 11) is 1.34. The number of thiophene rings is 1. The summed E-state index contributed by atoms with van der Waals surface area (Å²) in [5.41, 5.74) is 0.595. The van der Waals surface area contributed by atoms with Crippen molar-refractivity contribution in [3.05, 3.63) is 19.2 Å². The molecule has 0 aliphatic heterocycles. The van der Waals surface area contributed by atoms with Gasteiger partial charge in [0, 0.05) is 6.04 Å². The van der Waals surface area contributed by atoms with Crippen LogP contribution in [0, 0.1) is 0 Å². The lowest BCUT2D eigenvalue weighted by molar-refractivity contribution is -0.141. The Balaban J connectivity index is 2.22. The van der Waals surface area contributed by atoms with E-state index < -0.39 is 0 Å². The first kappa shape index (κ1) is 16.0. The van der Waals surface area contributed by atoms with Crippen molar-refractivity contribution in [3.63, 3.8) is 0 Å². The number of nitrogens with zero attached hydrogens (tertiary/aromatic N) is 1. The van der Waals surface area contributed by atoms with E-state index in [0.29, 0.717) is 5.56 Å². The van der Waals surface area contributed by atoms with Gasteiger partial charge in [0.1, 0.15) is 6.54 Å². The molecule has 20 heavy (non-hydrogen) atoms. The van der Waals surface area contributed by atoms with E-state index in [0.717, 1.165) is 33.3 Å². The third-order valence-electron chi connectivity index (χ3n) is 3.44. The van der Waals surface area contributed by atoms with E-state index in [4.69, 9.17) is 4.74 Å². The summed E-state index contributed by atoms with van der Waals surface area (Å²) < 4.78 is 6.38. The summed E-state index contributed by atoms with van der Waals surface area (Å²) >= 11 is 8.23. The maximum absolute atomic E-state index is 12.7. The normalized spacial score (nSPS) is 15.3. The maximum Gasteiger partial charge on any atom is 0.325 e. The van der Waals surface area contributed by atoms with Crippen LogP contribution in [0.3, 0.4) is 0 Å². The number of rotatable bonds is 4. The zero-order valence-electron chi connectivity index (χ0n) is 11.0. The van der Waals surface area contributed by atoms with Gasteiger partial charge in [0.2, 0.25) is 0 Å². The predicted octanol–water partition coefficient (Wildman–Crippen LogP) is 3.83. The molecule has 4 nitrogen and oxygen atoms in total. The SMILES string of the molecule is COC(=O)CN(C(=O)c1cc(Br)sc1Br)C1CCCC1. The minimum Gasteiger partial charge on any atom is -0.468 e. The highest BCUT2D eigenvalue weighted by molar-refractivity contribution is 9.12. The molecule has 110 valence electrons. The first-order valence-corrected chi connectivity index (χ1v) is 8.75. The number of amides is 1. The minimum atomic E-state index is -0.379. The molecular formula is C13H15Br2NO3S. The Hall–Kier alpha value is -0.400. The quantitative estimate of drug-likeness (QED) is 0.690. The lowest BCUT2D eigenvalue weighted by atomic mass is 10.1. The molecule has 1 heterocycles. The molecule has 1 aliphatic rings. The van der Waals surface area contributed by atoms with Gasteiger partial charge < -0.3 is 9.64 Å². The van der Waals surface area contributed by atoms with Crippen LogP contribution in [0.2, 0.25) is 0 Å². The molecule has 0 bridgehead atoms. The van der Waals surface area contributed by atoms with Gasteiger partial charge in [-0.05, 0) is 50.8 Å². The van der Waals surface area contributed by atoms with E-state index in [1.54, 1.807) is 11.0 Å². The second-order valence-corrected chi connectivity index (χ2v) is 8.43. The zero-order valence-corrected chi connectivity index (χ0v) is 15.0. The lowest BCUT2D eigenvalue weighted by Crippen LogP contribution is -2.42. The molecule has 1 amide bonds. The largest absolute Gasteiger partial charge is 0.468 e. The van der Waals surface area contributed by atoms with E-state index in [1.165, 1.54) is 18.4 Å². The number of halogens is 2. The Morgan fingerprint density at radius 3 is 2.55 bits per heavy atom. The summed E-state index contributed by atoms with van der Waals surface area (Å²) in [5, 5.41) is 0. The molecular weight excluding hydrogens is 410 g/mol. The second-order valence-electron chi connectivity index (χ2n) is 4.69. The Kier molecular flexibility index (Phi) is 5.63. The van der Waals surface area contributed by atoms with Crippen molar-refractivity contribution in [2.75, 3.05) is 13.7 Å². The molecule has 1 fully saturated rings. The van der Waals surface area contributed by atoms with Gasteiger partial charge in [0.15, 0.2) is 0 Å². The van der Waals surface area contributed by atoms with Crippen LogP contribution in [0.5, 0.6) is 0 Å². The first-order valence-electron chi connectivity index (χ1n) is 6.35. The number of methoxy groups -OCH3 is 1. The molecule has 0 unspecified atom stereocenters. The monoisotopic (exact) mass is 423 g/mol. The average molecular weight is 425 g/mol. The molecule has 1 saturated carbocycles. The van der Waals surface area contributed by atoms with E-state index in [2.05, 4.69) is 31.9 Å². The van der Waals surface area contributed by atoms with Gasteiger partial charge in [-0.15, -0.1) is 11.3 Å². The van der Waals surface area contributed by atoms with Crippen molar-refractivity contribution in [2.24, 2.45) is 0 Å². The molecule has 1 aliphatic carbocycles. The Morgan fingerprint density at radius 2 is 2.05 bits per heavy atom. The molecule has 0 saturated heterocycles. The molecule has 0 spiro atoms. The fraction of sp³-hybridized carbons (Fsp3) is 0.538. The summed E-state index contributed by atoms with van der Waals surface area (Å²) in [5.74, 6) is -0.494. The van der Waals surface area contributed by atoms with Crippen LogP contribution in [0.1, 0.15) is 36.0 Å². The molecule has 0 radical (unpaired) electrons. The number of hydrogen-bond acceptors (Lipinski definition) is 4. The first-order chi connectivity index (χ1) is 9.52. The molecule has 1 aromatic heterocycles. The second kappa shape index (κ2) is 7.04. The Labute approximate surface area is 138 Å². The van der Waals surface area contributed by atoms with Crippen LogP contribution in [0.4, 0.5) is 0 Å². The zero-order chi connectivity index (χ0) is 14.7. The highest BCUT2D eigenvalue weighted by Gasteiger charge is 2.30. The molecule has 0 aromatic carbocycles. The van der Waals surface area contributed by atoms with Crippen LogP contribution in [0.25, 0.3) is 0 Å². The van der Waals surface area contributed by atoms with Crippen LogP contribution in [-0.2, 0) is 9.53 Å². The predicted molar refractivity (Wildman–Crippen MR) is 85.0 cm³/mol. The van der Waals surface area contributed by atoms with Crippen LogP contribution >= 0.6 is 43.2 Å². The van der Waals surface area contributed by atoms with E-state index in [-0.39, 0.29) is 24.5 Å². The summed E-state index contributed by atoms with van der Waals surface area (Å²) in [4.78, 5) is 25.9. The Morgan fingerprint density at radius 1 is 1.40 bits per heavy atom. The molecule has 7 heteroatoms. The van der Waals surface area contributed by atoms with Gasteiger partial charge in [-0.1, -0.05) is 12.8 Å². The maximum atomic E-state index is 12.7. The molecule has 1 aromatic rings. The number of carbonyl (C=O) groups excluding carboxylic acids is 2. The summed E-state index contributed by atoms with van der Waals surface area (Å²) in [6.45, 7) is 0.0138. The van der Waals surface area contributed by atoms with E-state index in [9.17, 15) is 9.59 Å².